The first-order chi connectivity index (χ1) is 14.7. The zero-order valence-electron chi connectivity index (χ0n) is 17.2. The van der Waals surface area contributed by atoms with Gasteiger partial charge < -0.3 is 14.5 Å². The van der Waals surface area contributed by atoms with Crippen LogP contribution < -0.4 is 9.46 Å². The molecule has 0 aliphatic carbocycles. The summed E-state index contributed by atoms with van der Waals surface area (Å²) in [4.78, 5) is 28.6. The van der Waals surface area contributed by atoms with Crippen molar-refractivity contribution in [2.24, 2.45) is 0 Å². The minimum atomic E-state index is -3.86. The largest absolute Gasteiger partial charge is 0.497 e. The number of rotatable bonds is 6. The van der Waals surface area contributed by atoms with Crippen LogP contribution in [-0.4, -0.2) is 69.4 Å². The maximum absolute atomic E-state index is 12.8. The summed E-state index contributed by atoms with van der Waals surface area (Å²) in [5, 5.41) is 0.554. The quantitative estimate of drug-likeness (QED) is 0.704. The van der Waals surface area contributed by atoms with Crippen LogP contribution in [0.2, 0.25) is 5.02 Å². The van der Waals surface area contributed by atoms with Crippen molar-refractivity contribution in [2.45, 2.75) is 17.9 Å². The first-order valence-corrected chi connectivity index (χ1v) is 11.6. The lowest BCUT2D eigenvalue weighted by atomic mass is 10.1. The van der Waals surface area contributed by atoms with Crippen molar-refractivity contribution in [2.75, 3.05) is 33.3 Å². The number of hydrogen-bond donors (Lipinski definition) is 1. The Bertz CT molecular complexity index is 1030. The molecule has 1 atom stereocenters. The molecular weight excluding hydrogens is 442 g/mol. The molecule has 8 nitrogen and oxygen atoms in total. The SMILES string of the molecule is COc1ccc(S(=O)(=O)N[C@@H](C)C(=O)N2CCN(C(=O)c3ccc(Cl)cc3)CC2)cc1. The molecule has 0 unspecified atom stereocenters. The molecule has 0 saturated carbocycles. The molecule has 1 fully saturated rings. The molecule has 1 saturated heterocycles. The Balaban J connectivity index is 1.57. The molecule has 0 aromatic heterocycles. The van der Waals surface area contributed by atoms with Crippen molar-refractivity contribution in [3.05, 3.63) is 59.1 Å². The second kappa shape index (κ2) is 9.67. The molecule has 0 bridgehead atoms. The van der Waals surface area contributed by atoms with E-state index in [0.717, 1.165) is 0 Å². The molecule has 0 radical (unpaired) electrons. The highest BCUT2D eigenvalue weighted by Crippen LogP contribution is 2.17. The van der Waals surface area contributed by atoms with Gasteiger partial charge in [-0.3, -0.25) is 9.59 Å². The number of carbonyl (C=O) groups excluding carboxylic acids is 2. The minimum absolute atomic E-state index is 0.0475. The van der Waals surface area contributed by atoms with Crippen LogP contribution in [-0.2, 0) is 14.8 Å². The normalized spacial score (nSPS) is 15.5. The van der Waals surface area contributed by atoms with E-state index in [4.69, 9.17) is 16.3 Å². The fraction of sp³-hybridized carbons (Fsp3) is 0.333. The predicted molar refractivity (Wildman–Crippen MR) is 117 cm³/mol. The van der Waals surface area contributed by atoms with Gasteiger partial charge in [0.1, 0.15) is 5.75 Å². The number of methoxy groups -OCH3 is 1. The maximum atomic E-state index is 12.8. The average molecular weight is 466 g/mol. The van der Waals surface area contributed by atoms with Crippen molar-refractivity contribution >= 4 is 33.4 Å². The number of ether oxygens (including phenoxy) is 1. The van der Waals surface area contributed by atoms with E-state index in [1.165, 1.54) is 38.3 Å². The molecular formula is C21H24ClN3O5S. The van der Waals surface area contributed by atoms with E-state index in [9.17, 15) is 18.0 Å². The smallest absolute Gasteiger partial charge is 0.253 e. The van der Waals surface area contributed by atoms with Crippen LogP contribution in [0.3, 0.4) is 0 Å². The van der Waals surface area contributed by atoms with Crippen LogP contribution in [0.4, 0.5) is 0 Å². The molecule has 2 amide bonds. The Morgan fingerprint density at radius 1 is 0.968 bits per heavy atom. The zero-order valence-corrected chi connectivity index (χ0v) is 18.8. The van der Waals surface area contributed by atoms with Gasteiger partial charge in [0.2, 0.25) is 15.9 Å². The third-order valence-corrected chi connectivity index (χ3v) is 6.85. The fourth-order valence-electron chi connectivity index (χ4n) is 3.28. The van der Waals surface area contributed by atoms with Crippen LogP contribution >= 0.6 is 11.6 Å². The number of sulfonamides is 1. The molecule has 1 aliphatic heterocycles. The molecule has 10 heteroatoms. The van der Waals surface area contributed by atoms with E-state index >= 15 is 0 Å². The minimum Gasteiger partial charge on any atom is -0.497 e. The Morgan fingerprint density at radius 3 is 2.06 bits per heavy atom. The van der Waals surface area contributed by atoms with Crippen LogP contribution in [0.5, 0.6) is 5.75 Å². The van der Waals surface area contributed by atoms with Gasteiger partial charge in [0, 0.05) is 36.8 Å². The second-order valence-electron chi connectivity index (χ2n) is 7.14. The van der Waals surface area contributed by atoms with Crippen molar-refractivity contribution in [3.8, 4) is 5.75 Å². The fourth-order valence-corrected chi connectivity index (χ4v) is 4.61. The molecule has 3 rings (SSSR count). The molecule has 166 valence electrons. The molecule has 1 aliphatic rings. The summed E-state index contributed by atoms with van der Waals surface area (Å²) in [6.07, 6.45) is 0. The van der Waals surface area contributed by atoms with Gasteiger partial charge in [-0.25, -0.2) is 8.42 Å². The van der Waals surface area contributed by atoms with Crippen LogP contribution in [0.25, 0.3) is 0 Å². The summed E-state index contributed by atoms with van der Waals surface area (Å²) in [7, 11) is -2.37. The summed E-state index contributed by atoms with van der Waals surface area (Å²) in [5.74, 6) is 0.0711. The second-order valence-corrected chi connectivity index (χ2v) is 9.29. The highest BCUT2D eigenvalue weighted by Gasteiger charge is 2.29. The number of carbonyl (C=O) groups is 2. The van der Waals surface area contributed by atoms with Gasteiger partial charge in [-0.15, -0.1) is 0 Å². The Hall–Kier alpha value is -2.62. The van der Waals surface area contributed by atoms with Crippen LogP contribution in [0.1, 0.15) is 17.3 Å². The number of hydrogen-bond acceptors (Lipinski definition) is 5. The lowest BCUT2D eigenvalue weighted by Crippen LogP contribution is -2.55. The van der Waals surface area contributed by atoms with E-state index in [0.29, 0.717) is 42.5 Å². The third-order valence-electron chi connectivity index (χ3n) is 5.04. The molecule has 0 spiro atoms. The number of nitrogens with zero attached hydrogens (tertiary/aromatic N) is 2. The lowest BCUT2D eigenvalue weighted by Gasteiger charge is -2.36. The number of piperazine rings is 1. The monoisotopic (exact) mass is 465 g/mol. The summed E-state index contributed by atoms with van der Waals surface area (Å²) in [5.41, 5.74) is 0.532. The van der Waals surface area contributed by atoms with E-state index in [1.54, 1.807) is 34.1 Å². The topological polar surface area (TPSA) is 96.0 Å². The van der Waals surface area contributed by atoms with Crippen molar-refractivity contribution in [1.82, 2.24) is 14.5 Å². The van der Waals surface area contributed by atoms with Gasteiger partial charge in [-0.2, -0.15) is 4.72 Å². The molecule has 1 N–H and O–H groups in total. The van der Waals surface area contributed by atoms with Gasteiger partial charge in [0.05, 0.1) is 18.0 Å². The van der Waals surface area contributed by atoms with Crippen molar-refractivity contribution < 1.29 is 22.7 Å². The first kappa shape index (κ1) is 23.1. The van der Waals surface area contributed by atoms with E-state index in [1.807, 2.05) is 0 Å². The standard InChI is InChI=1S/C21H24ClN3O5S/c1-15(23-31(28,29)19-9-7-18(30-2)8-10-19)20(26)24-11-13-25(14-12-24)21(27)16-3-5-17(22)6-4-16/h3-10,15,23H,11-14H2,1-2H3/t15-/m0/s1. The first-order valence-electron chi connectivity index (χ1n) is 9.71. The summed E-state index contributed by atoms with van der Waals surface area (Å²) >= 11 is 5.86. The van der Waals surface area contributed by atoms with Gasteiger partial charge in [-0.05, 0) is 55.5 Å². The lowest BCUT2D eigenvalue weighted by molar-refractivity contribution is -0.134. The highest BCUT2D eigenvalue weighted by atomic mass is 35.5. The number of amides is 2. The number of nitrogens with one attached hydrogen (secondary N) is 1. The molecule has 1 heterocycles. The van der Waals surface area contributed by atoms with Gasteiger partial charge in [0.15, 0.2) is 0 Å². The van der Waals surface area contributed by atoms with Gasteiger partial charge >= 0.3 is 0 Å². The van der Waals surface area contributed by atoms with E-state index in [2.05, 4.69) is 4.72 Å². The Labute approximate surface area is 186 Å². The van der Waals surface area contributed by atoms with Gasteiger partial charge in [0.25, 0.3) is 5.91 Å². The summed E-state index contributed by atoms with van der Waals surface area (Å²) < 4.78 is 32.6. The van der Waals surface area contributed by atoms with Crippen molar-refractivity contribution in [1.29, 1.82) is 0 Å². The number of halogens is 1. The summed E-state index contributed by atoms with van der Waals surface area (Å²) in [6.45, 7) is 2.89. The Morgan fingerprint density at radius 2 is 1.52 bits per heavy atom. The van der Waals surface area contributed by atoms with E-state index < -0.39 is 16.1 Å². The van der Waals surface area contributed by atoms with Gasteiger partial charge in [-0.1, -0.05) is 11.6 Å². The van der Waals surface area contributed by atoms with E-state index in [-0.39, 0.29) is 16.7 Å². The third kappa shape index (κ3) is 5.55. The molecule has 2 aromatic carbocycles. The summed E-state index contributed by atoms with van der Waals surface area (Å²) in [6, 6.07) is 11.6. The van der Waals surface area contributed by atoms with Crippen molar-refractivity contribution in [3.63, 3.8) is 0 Å². The van der Waals surface area contributed by atoms with Crippen LogP contribution in [0, 0.1) is 0 Å². The number of benzene rings is 2. The molecule has 2 aromatic rings. The predicted octanol–water partition coefficient (Wildman–Crippen LogP) is 2.00. The van der Waals surface area contributed by atoms with Crippen LogP contribution in [0.15, 0.2) is 53.4 Å². The highest BCUT2D eigenvalue weighted by molar-refractivity contribution is 7.89. The Kier molecular flexibility index (Phi) is 7.19. The average Bonchev–Trinajstić information content (AvgIpc) is 2.78. The zero-order chi connectivity index (χ0) is 22.6. The molecule has 31 heavy (non-hydrogen) atoms. The maximum Gasteiger partial charge on any atom is 0.253 e.